The number of likely N-dealkylation sites (tertiary alicyclic amines) is 1. The van der Waals surface area contributed by atoms with Gasteiger partial charge in [0, 0.05) is 40.0 Å². The molecule has 1 atom stereocenters. The Hall–Kier alpha value is -1.51. The second kappa shape index (κ2) is 10.4. The van der Waals surface area contributed by atoms with Crippen LogP contribution in [0.3, 0.4) is 0 Å². The summed E-state index contributed by atoms with van der Waals surface area (Å²) in [6.07, 6.45) is 1.78. The van der Waals surface area contributed by atoms with Gasteiger partial charge >= 0.3 is 0 Å². The highest BCUT2D eigenvalue weighted by Crippen LogP contribution is 2.33. The Kier molecular flexibility index (Phi) is 7.61. The number of piperidine rings is 1. The molecule has 164 valence electrons. The molecule has 0 amide bonds. The van der Waals surface area contributed by atoms with Crippen molar-refractivity contribution in [2.24, 2.45) is 0 Å². The van der Waals surface area contributed by atoms with Gasteiger partial charge in [0.25, 0.3) is 0 Å². The summed E-state index contributed by atoms with van der Waals surface area (Å²) in [5.41, 5.74) is 2.42. The molecule has 1 aliphatic rings. The predicted octanol–water partition coefficient (Wildman–Crippen LogP) is 7.31. The molecule has 1 fully saturated rings. The molecular weight excluding hydrogens is 476 g/mol. The molecule has 2 heterocycles. The lowest BCUT2D eigenvalue weighted by atomic mass is 10.0. The van der Waals surface area contributed by atoms with E-state index in [1.165, 1.54) is 18.0 Å². The highest BCUT2D eigenvalue weighted by molar-refractivity contribution is 8.00. The average Bonchev–Trinajstić information content (AvgIpc) is 3.29. The first-order valence-corrected chi connectivity index (χ1v) is 12.5. The molecule has 0 bridgehead atoms. The minimum atomic E-state index is -0.218. The highest BCUT2D eigenvalue weighted by Gasteiger charge is 2.26. The van der Waals surface area contributed by atoms with Gasteiger partial charge < -0.3 is 9.46 Å². The first-order valence-electron chi connectivity index (χ1n) is 9.96. The van der Waals surface area contributed by atoms with Crippen LogP contribution in [0.15, 0.2) is 52.2 Å². The van der Waals surface area contributed by atoms with Crippen LogP contribution in [-0.4, -0.2) is 29.1 Å². The molecule has 4 nitrogen and oxygen atoms in total. The maximum atomic E-state index is 14.2. The summed E-state index contributed by atoms with van der Waals surface area (Å²) in [7, 11) is 0. The number of hydrogen-bond donors (Lipinski definition) is 1. The average molecular weight is 498 g/mol. The van der Waals surface area contributed by atoms with E-state index in [-0.39, 0.29) is 18.0 Å². The topological polar surface area (TPSA) is 37.4 Å². The second-order valence-corrected chi connectivity index (χ2v) is 9.81. The first-order chi connectivity index (χ1) is 15.0. The number of halogens is 3. The minimum Gasteiger partial charge on any atom is -0.489 e. The van der Waals surface area contributed by atoms with Gasteiger partial charge in [0.05, 0.1) is 10.5 Å². The molecule has 1 unspecified atom stereocenters. The molecule has 31 heavy (non-hydrogen) atoms. The van der Waals surface area contributed by atoms with Gasteiger partial charge in [0.1, 0.15) is 23.5 Å². The molecular formula is C22H22Cl2FN3OS2. The Bertz CT molecular complexity index is 1010. The van der Waals surface area contributed by atoms with Gasteiger partial charge in [-0.15, -0.1) is 11.3 Å². The number of nitrogens with one attached hydrogen (secondary N) is 1. The van der Waals surface area contributed by atoms with Gasteiger partial charge in [0.2, 0.25) is 0 Å². The zero-order valence-corrected chi connectivity index (χ0v) is 20.0. The number of hydrogen-bond acceptors (Lipinski definition) is 6. The normalized spacial score (nSPS) is 16.3. The Labute approximate surface area is 199 Å². The fourth-order valence-corrected chi connectivity index (χ4v) is 5.28. The molecule has 0 aliphatic carbocycles. The molecule has 3 aromatic rings. The number of ether oxygens (including phenoxy) is 1. The van der Waals surface area contributed by atoms with Crippen LogP contribution in [0.5, 0.6) is 5.75 Å². The highest BCUT2D eigenvalue weighted by atomic mass is 35.5. The number of aromatic nitrogens is 1. The lowest BCUT2D eigenvalue weighted by Crippen LogP contribution is -2.39. The van der Waals surface area contributed by atoms with E-state index in [2.05, 4.69) is 14.6 Å². The molecule has 1 aromatic heterocycles. The summed E-state index contributed by atoms with van der Waals surface area (Å²) >= 11 is 15.5. The van der Waals surface area contributed by atoms with Crippen molar-refractivity contribution in [3.05, 3.63) is 68.7 Å². The summed E-state index contributed by atoms with van der Waals surface area (Å²) in [5.74, 6) is 1.29. The monoisotopic (exact) mass is 497 g/mol. The summed E-state index contributed by atoms with van der Waals surface area (Å²) in [6.45, 7) is 3.66. The SMILES string of the molecule is CC(c1cc(Cl)ccc1F)N1CCC(Oc2ccc(SNc3cscn3)cc2Cl)CC1. The van der Waals surface area contributed by atoms with Gasteiger partial charge in [0.15, 0.2) is 0 Å². The zero-order valence-electron chi connectivity index (χ0n) is 16.9. The van der Waals surface area contributed by atoms with E-state index >= 15 is 0 Å². The van der Waals surface area contributed by atoms with Crippen LogP contribution >= 0.6 is 46.5 Å². The molecule has 4 rings (SSSR count). The van der Waals surface area contributed by atoms with Crippen molar-refractivity contribution in [1.29, 1.82) is 0 Å². The Morgan fingerprint density at radius 3 is 2.74 bits per heavy atom. The molecule has 0 saturated carbocycles. The summed E-state index contributed by atoms with van der Waals surface area (Å²) in [6, 6.07) is 10.5. The summed E-state index contributed by atoms with van der Waals surface area (Å²) in [5, 5.41) is 3.08. The first kappa shape index (κ1) is 22.7. The van der Waals surface area contributed by atoms with Crippen molar-refractivity contribution in [2.75, 3.05) is 17.8 Å². The number of benzene rings is 2. The van der Waals surface area contributed by atoms with Gasteiger partial charge in [-0.3, -0.25) is 4.90 Å². The second-order valence-electron chi connectivity index (χ2n) is 7.37. The Morgan fingerprint density at radius 2 is 2.03 bits per heavy atom. The van der Waals surface area contributed by atoms with E-state index in [0.717, 1.165) is 36.6 Å². The quantitative estimate of drug-likeness (QED) is 0.346. The van der Waals surface area contributed by atoms with Gasteiger partial charge in [-0.1, -0.05) is 23.2 Å². The number of rotatable bonds is 7. The Balaban J connectivity index is 1.30. The summed E-state index contributed by atoms with van der Waals surface area (Å²) < 4.78 is 23.6. The number of anilines is 1. The van der Waals surface area contributed by atoms with E-state index in [1.807, 2.05) is 30.5 Å². The van der Waals surface area contributed by atoms with Crippen molar-refractivity contribution < 1.29 is 9.13 Å². The van der Waals surface area contributed by atoms with Crippen molar-refractivity contribution in [3.8, 4) is 5.75 Å². The van der Waals surface area contributed by atoms with Crippen LogP contribution in [0.25, 0.3) is 0 Å². The van der Waals surface area contributed by atoms with E-state index in [9.17, 15) is 4.39 Å². The lowest BCUT2D eigenvalue weighted by molar-refractivity contribution is 0.0788. The largest absolute Gasteiger partial charge is 0.489 e. The standard InChI is InChI=1S/C22H22Cl2FN3OS2/c1-14(18-10-15(23)2-4-20(18)25)28-8-6-16(7-9-28)29-21-5-3-17(11-19(21)24)31-27-22-12-30-13-26-22/h2-5,10-14,16,27H,6-9H2,1H3. The third-order valence-electron chi connectivity index (χ3n) is 5.34. The van der Waals surface area contributed by atoms with Gasteiger partial charge in [-0.25, -0.2) is 9.37 Å². The van der Waals surface area contributed by atoms with Crippen LogP contribution in [0.2, 0.25) is 10.0 Å². The fourth-order valence-electron chi connectivity index (χ4n) is 3.61. The van der Waals surface area contributed by atoms with Crippen LogP contribution in [-0.2, 0) is 0 Å². The lowest BCUT2D eigenvalue weighted by Gasteiger charge is -2.36. The van der Waals surface area contributed by atoms with Crippen LogP contribution in [0.4, 0.5) is 10.2 Å². The Morgan fingerprint density at radius 1 is 1.23 bits per heavy atom. The molecule has 2 aromatic carbocycles. The van der Waals surface area contributed by atoms with E-state index < -0.39 is 0 Å². The van der Waals surface area contributed by atoms with Crippen LogP contribution < -0.4 is 9.46 Å². The molecule has 0 spiro atoms. The molecule has 1 saturated heterocycles. The van der Waals surface area contributed by atoms with E-state index in [0.29, 0.717) is 21.4 Å². The third-order valence-corrected chi connectivity index (χ3v) is 7.25. The smallest absolute Gasteiger partial charge is 0.147 e. The predicted molar refractivity (Wildman–Crippen MR) is 128 cm³/mol. The van der Waals surface area contributed by atoms with E-state index in [1.54, 1.807) is 29.0 Å². The fraction of sp³-hybridized carbons (Fsp3) is 0.318. The molecule has 1 aliphatic heterocycles. The van der Waals surface area contributed by atoms with Crippen molar-refractivity contribution in [2.45, 2.75) is 36.8 Å². The van der Waals surface area contributed by atoms with Crippen molar-refractivity contribution in [1.82, 2.24) is 9.88 Å². The maximum absolute atomic E-state index is 14.2. The maximum Gasteiger partial charge on any atom is 0.147 e. The molecule has 9 heteroatoms. The molecule has 1 N–H and O–H groups in total. The van der Waals surface area contributed by atoms with Gasteiger partial charge in [-0.05, 0) is 68.1 Å². The third kappa shape index (κ3) is 5.84. The number of thiazole rings is 1. The zero-order chi connectivity index (χ0) is 21.8. The van der Waals surface area contributed by atoms with Crippen LogP contribution in [0, 0.1) is 5.82 Å². The van der Waals surface area contributed by atoms with Gasteiger partial charge in [-0.2, -0.15) is 0 Å². The van der Waals surface area contributed by atoms with E-state index in [4.69, 9.17) is 27.9 Å². The van der Waals surface area contributed by atoms with Crippen molar-refractivity contribution in [3.63, 3.8) is 0 Å². The molecule has 0 radical (unpaired) electrons. The minimum absolute atomic E-state index is 0.0373. The summed E-state index contributed by atoms with van der Waals surface area (Å²) in [4.78, 5) is 7.44. The number of nitrogens with zero attached hydrogens (tertiary/aromatic N) is 2. The van der Waals surface area contributed by atoms with Crippen LogP contribution in [0.1, 0.15) is 31.4 Å². The van der Waals surface area contributed by atoms with Crippen molar-refractivity contribution >= 4 is 52.3 Å².